The van der Waals surface area contributed by atoms with Gasteiger partial charge in [-0.25, -0.2) is 0 Å². The molecule has 0 aromatic heterocycles. The maximum absolute atomic E-state index is 14.0. The molecule has 2 amide bonds. The molecule has 0 radical (unpaired) electrons. The average molecular weight is 546 g/mol. The molecular formula is C35H35N3O3. The molecule has 6 nitrogen and oxygen atoms in total. The molecule has 6 rings (SSSR count). The summed E-state index contributed by atoms with van der Waals surface area (Å²) in [5.74, 6) is 0.497. The number of nitrogens with zero attached hydrogens (tertiary/aromatic N) is 2. The highest BCUT2D eigenvalue weighted by atomic mass is 16.5. The minimum absolute atomic E-state index is 0.0125. The Morgan fingerprint density at radius 3 is 2.17 bits per heavy atom. The first-order chi connectivity index (χ1) is 20.2. The van der Waals surface area contributed by atoms with E-state index < -0.39 is 0 Å². The van der Waals surface area contributed by atoms with Gasteiger partial charge in [-0.15, -0.1) is 0 Å². The molecule has 1 fully saturated rings. The van der Waals surface area contributed by atoms with E-state index in [9.17, 15) is 9.59 Å². The number of fused-ring (bicyclic) bond motifs is 1. The largest absolute Gasteiger partial charge is 0.484 e. The van der Waals surface area contributed by atoms with Gasteiger partial charge in [0.25, 0.3) is 11.8 Å². The van der Waals surface area contributed by atoms with Crippen LogP contribution in [0, 0.1) is 0 Å². The molecule has 0 saturated heterocycles. The van der Waals surface area contributed by atoms with Gasteiger partial charge >= 0.3 is 0 Å². The van der Waals surface area contributed by atoms with E-state index in [0.717, 1.165) is 35.3 Å². The van der Waals surface area contributed by atoms with E-state index >= 15 is 0 Å². The molecule has 6 heteroatoms. The molecule has 0 bridgehead atoms. The van der Waals surface area contributed by atoms with E-state index in [0.29, 0.717) is 17.9 Å². The summed E-state index contributed by atoms with van der Waals surface area (Å²) in [5.41, 5.74) is 4.51. The van der Waals surface area contributed by atoms with Gasteiger partial charge in [0.15, 0.2) is 6.61 Å². The fourth-order valence-electron chi connectivity index (χ4n) is 5.95. The molecule has 1 heterocycles. The zero-order valence-electron chi connectivity index (χ0n) is 23.1. The van der Waals surface area contributed by atoms with Crippen LogP contribution in [-0.2, 0) is 11.3 Å². The first-order valence-electron chi connectivity index (χ1n) is 14.5. The molecule has 1 atom stereocenters. The van der Waals surface area contributed by atoms with Crippen LogP contribution in [0.1, 0.15) is 59.8 Å². The maximum atomic E-state index is 14.0. The number of benzene rings is 4. The van der Waals surface area contributed by atoms with Crippen LogP contribution < -0.4 is 19.9 Å². The molecule has 2 aliphatic rings. The Kier molecular flexibility index (Phi) is 7.99. The number of amides is 2. The quantitative estimate of drug-likeness (QED) is 0.262. The van der Waals surface area contributed by atoms with Crippen LogP contribution in [0.15, 0.2) is 109 Å². The minimum atomic E-state index is -0.386. The zero-order chi connectivity index (χ0) is 28.0. The van der Waals surface area contributed by atoms with E-state index in [4.69, 9.17) is 4.74 Å². The number of carbonyl (C=O) groups excluding carboxylic acids is 2. The summed E-state index contributed by atoms with van der Waals surface area (Å²) in [6.07, 6.45) is 5.29. The second kappa shape index (κ2) is 12.3. The maximum Gasteiger partial charge on any atom is 0.262 e. The molecule has 4 aromatic rings. The SMILES string of the molecule is O=C(COc1ccc([C@H]2N(Cc3ccccc3)c3ccccc3C(=O)N2c2ccccc2)cc1)NC1CCCCC1. The van der Waals surface area contributed by atoms with Crippen molar-refractivity contribution in [3.05, 3.63) is 126 Å². The molecule has 208 valence electrons. The third-order valence-corrected chi connectivity index (χ3v) is 7.95. The molecule has 0 spiro atoms. The van der Waals surface area contributed by atoms with Crippen LogP contribution in [0.25, 0.3) is 0 Å². The number of para-hydroxylation sites is 2. The third-order valence-electron chi connectivity index (χ3n) is 7.95. The lowest BCUT2D eigenvalue weighted by molar-refractivity contribution is -0.124. The van der Waals surface area contributed by atoms with Crippen molar-refractivity contribution in [2.24, 2.45) is 0 Å². The highest BCUT2D eigenvalue weighted by Crippen LogP contribution is 2.42. The number of hydrogen-bond donors (Lipinski definition) is 1. The predicted molar refractivity (Wildman–Crippen MR) is 162 cm³/mol. The van der Waals surface area contributed by atoms with E-state index in [1.165, 1.54) is 19.3 Å². The van der Waals surface area contributed by atoms with Crippen molar-refractivity contribution < 1.29 is 14.3 Å². The summed E-state index contributed by atoms with van der Waals surface area (Å²) in [4.78, 5) is 30.7. The van der Waals surface area contributed by atoms with Crippen LogP contribution in [0.5, 0.6) is 5.75 Å². The van der Waals surface area contributed by atoms with Gasteiger partial charge in [0.2, 0.25) is 0 Å². The normalized spacial score (nSPS) is 17.2. The van der Waals surface area contributed by atoms with E-state index in [-0.39, 0.29) is 30.6 Å². The highest BCUT2D eigenvalue weighted by Gasteiger charge is 2.39. The second-order valence-electron chi connectivity index (χ2n) is 10.8. The second-order valence-corrected chi connectivity index (χ2v) is 10.8. The number of nitrogens with one attached hydrogen (secondary N) is 1. The fourth-order valence-corrected chi connectivity index (χ4v) is 5.95. The zero-order valence-corrected chi connectivity index (χ0v) is 23.1. The summed E-state index contributed by atoms with van der Waals surface area (Å²) in [6, 6.07) is 36.0. The lowest BCUT2D eigenvalue weighted by Gasteiger charge is -2.46. The molecule has 1 aliphatic carbocycles. The van der Waals surface area contributed by atoms with Gasteiger partial charge in [-0.3, -0.25) is 14.5 Å². The lowest BCUT2D eigenvalue weighted by atomic mass is 9.95. The predicted octanol–water partition coefficient (Wildman–Crippen LogP) is 6.88. The Morgan fingerprint density at radius 1 is 0.780 bits per heavy atom. The van der Waals surface area contributed by atoms with Crippen molar-refractivity contribution in [1.29, 1.82) is 0 Å². The molecule has 1 aliphatic heterocycles. The van der Waals surface area contributed by atoms with Gasteiger partial charge in [-0.05, 0) is 60.4 Å². The first kappa shape index (κ1) is 26.6. The Bertz CT molecular complexity index is 1470. The highest BCUT2D eigenvalue weighted by molar-refractivity contribution is 6.12. The van der Waals surface area contributed by atoms with Crippen molar-refractivity contribution in [2.75, 3.05) is 16.4 Å². The summed E-state index contributed by atoms with van der Waals surface area (Å²) < 4.78 is 5.86. The van der Waals surface area contributed by atoms with Crippen molar-refractivity contribution in [3.8, 4) is 5.75 Å². The smallest absolute Gasteiger partial charge is 0.262 e. The lowest BCUT2D eigenvalue weighted by Crippen LogP contribution is -2.49. The van der Waals surface area contributed by atoms with E-state index in [2.05, 4.69) is 22.3 Å². The van der Waals surface area contributed by atoms with E-state index in [1.807, 2.05) is 102 Å². The van der Waals surface area contributed by atoms with Gasteiger partial charge in [0.05, 0.1) is 11.3 Å². The van der Waals surface area contributed by atoms with Gasteiger partial charge in [0.1, 0.15) is 11.9 Å². The van der Waals surface area contributed by atoms with Crippen molar-refractivity contribution in [2.45, 2.75) is 50.9 Å². The minimum Gasteiger partial charge on any atom is -0.484 e. The molecule has 1 N–H and O–H groups in total. The van der Waals surface area contributed by atoms with Crippen molar-refractivity contribution in [3.63, 3.8) is 0 Å². The average Bonchev–Trinajstić information content (AvgIpc) is 3.03. The summed E-state index contributed by atoms with van der Waals surface area (Å²) in [5, 5.41) is 3.10. The Balaban J connectivity index is 1.30. The standard InChI is InChI=1S/C35H35N3O3/c39-33(36-28-14-6-2-7-15-28)25-41-30-22-20-27(21-23-30)34-37(24-26-12-4-1-5-13-26)32-19-11-10-18-31(32)35(40)38(34)29-16-8-3-9-17-29/h1,3-5,8-13,16-23,28,34H,2,6-7,14-15,24-25H2,(H,36,39)/t34-/m0/s1. The van der Waals surface area contributed by atoms with Crippen molar-refractivity contribution >= 4 is 23.2 Å². The number of ether oxygens (including phenoxy) is 1. The van der Waals surface area contributed by atoms with Gasteiger partial charge in [-0.2, -0.15) is 0 Å². The van der Waals surface area contributed by atoms with Gasteiger partial charge < -0.3 is 15.0 Å². The summed E-state index contributed by atoms with van der Waals surface area (Å²) in [7, 11) is 0. The van der Waals surface area contributed by atoms with Crippen LogP contribution in [0.3, 0.4) is 0 Å². The monoisotopic (exact) mass is 545 g/mol. The van der Waals surface area contributed by atoms with Crippen LogP contribution in [0.2, 0.25) is 0 Å². The summed E-state index contributed by atoms with van der Waals surface area (Å²) >= 11 is 0. The van der Waals surface area contributed by atoms with Crippen molar-refractivity contribution in [1.82, 2.24) is 5.32 Å². The third kappa shape index (κ3) is 5.97. The topological polar surface area (TPSA) is 61.9 Å². The molecule has 41 heavy (non-hydrogen) atoms. The van der Waals surface area contributed by atoms with E-state index in [1.54, 1.807) is 0 Å². The Hall–Kier alpha value is -4.58. The number of anilines is 2. The number of hydrogen-bond acceptors (Lipinski definition) is 4. The van der Waals surface area contributed by atoms with Crippen LogP contribution in [-0.4, -0.2) is 24.5 Å². The number of carbonyl (C=O) groups is 2. The van der Waals surface area contributed by atoms with Gasteiger partial charge in [0, 0.05) is 18.3 Å². The molecule has 1 saturated carbocycles. The number of rotatable bonds is 8. The molecular weight excluding hydrogens is 510 g/mol. The molecule has 0 unspecified atom stereocenters. The Labute approximate surface area is 241 Å². The first-order valence-corrected chi connectivity index (χ1v) is 14.5. The Morgan fingerprint density at radius 2 is 1.44 bits per heavy atom. The fraction of sp³-hybridized carbons (Fsp3) is 0.257. The summed E-state index contributed by atoms with van der Waals surface area (Å²) in [6.45, 7) is 0.611. The van der Waals surface area contributed by atoms with Crippen LogP contribution >= 0.6 is 0 Å². The van der Waals surface area contributed by atoms with Gasteiger partial charge in [-0.1, -0.05) is 92.1 Å². The van der Waals surface area contributed by atoms with Crippen LogP contribution in [0.4, 0.5) is 11.4 Å². The molecule has 4 aromatic carbocycles.